The van der Waals surface area contributed by atoms with Gasteiger partial charge in [0.25, 0.3) is 5.91 Å². The Kier molecular flexibility index (Phi) is 5.63. The topological polar surface area (TPSA) is 87.1 Å². The highest BCUT2D eigenvalue weighted by Crippen LogP contribution is 2.43. The first-order valence-corrected chi connectivity index (χ1v) is 10.3. The minimum absolute atomic E-state index is 0.116. The number of nitrogens with zero attached hydrogens (tertiary/aromatic N) is 1. The van der Waals surface area contributed by atoms with E-state index in [1.807, 2.05) is 54.6 Å². The Morgan fingerprint density at radius 2 is 1.73 bits per heavy atom. The van der Waals surface area contributed by atoms with Gasteiger partial charge >= 0.3 is 5.97 Å². The minimum Gasteiger partial charge on any atom is -0.508 e. The van der Waals surface area contributed by atoms with Crippen molar-refractivity contribution in [1.29, 1.82) is 0 Å². The van der Waals surface area contributed by atoms with Crippen LogP contribution < -0.4 is 4.90 Å². The number of hydrogen-bond acceptors (Lipinski definition) is 6. The highest BCUT2D eigenvalue weighted by atomic mass is 32.2. The van der Waals surface area contributed by atoms with E-state index in [2.05, 4.69) is 0 Å². The Balaban J connectivity index is 1.57. The molecule has 1 amide bonds. The number of fused-ring (bicyclic) bond motifs is 1. The van der Waals surface area contributed by atoms with Crippen LogP contribution >= 0.6 is 11.8 Å². The first kappa shape index (κ1) is 19.8. The molecule has 0 bridgehead atoms. The normalized spacial score (nSPS) is 15.3. The monoisotopic (exact) mass is 421 g/mol. The number of ether oxygens (including phenoxy) is 1. The Morgan fingerprint density at radius 3 is 2.50 bits per heavy atom. The van der Waals surface area contributed by atoms with Gasteiger partial charge in [-0.25, -0.2) is 4.79 Å². The van der Waals surface area contributed by atoms with Crippen molar-refractivity contribution in [3.05, 3.63) is 83.9 Å². The third-order valence-corrected chi connectivity index (χ3v) is 5.95. The summed E-state index contributed by atoms with van der Waals surface area (Å²) in [6.07, 6.45) is 0. The molecule has 0 aliphatic carbocycles. The number of aromatic hydroxyl groups is 2. The molecule has 7 heteroatoms. The van der Waals surface area contributed by atoms with E-state index in [9.17, 15) is 19.8 Å². The molecule has 4 rings (SSSR count). The van der Waals surface area contributed by atoms with Crippen LogP contribution in [0.3, 0.4) is 0 Å². The third-order valence-electron chi connectivity index (χ3n) is 4.81. The maximum Gasteiger partial charge on any atom is 0.342 e. The summed E-state index contributed by atoms with van der Waals surface area (Å²) in [6.45, 7) is -0.471. The molecule has 6 nitrogen and oxygen atoms in total. The molecule has 0 unspecified atom stereocenters. The molecule has 1 atom stereocenters. The number of hydrogen-bond donors (Lipinski definition) is 2. The number of benzene rings is 3. The van der Waals surface area contributed by atoms with Gasteiger partial charge in [0, 0.05) is 16.7 Å². The van der Waals surface area contributed by atoms with E-state index in [1.54, 1.807) is 16.7 Å². The quantitative estimate of drug-likeness (QED) is 0.616. The largest absolute Gasteiger partial charge is 0.508 e. The number of para-hydroxylation sites is 1. The van der Waals surface area contributed by atoms with Gasteiger partial charge in [0.05, 0.1) is 11.7 Å². The van der Waals surface area contributed by atoms with Gasteiger partial charge in [0.15, 0.2) is 6.61 Å². The molecule has 0 spiro atoms. The van der Waals surface area contributed by atoms with Crippen LogP contribution in [0.4, 0.5) is 5.69 Å². The number of carbonyl (C=O) groups is 2. The van der Waals surface area contributed by atoms with Crippen molar-refractivity contribution in [2.45, 2.75) is 10.9 Å². The number of phenols is 2. The average molecular weight is 421 g/mol. The molecule has 30 heavy (non-hydrogen) atoms. The van der Waals surface area contributed by atoms with Crippen LogP contribution in [0.1, 0.15) is 22.0 Å². The zero-order valence-corrected chi connectivity index (χ0v) is 16.7. The van der Waals surface area contributed by atoms with Crippen molar-refractivity contribution >= 4 is 29.3 Å². The van der Waals surface area contributed by atoms with Gasteiger partial charge < -0.3 is 14.9 Å². The first-order valence-electron chi connectivity index (χ1n) is 9.32. The number of phenolic OH excluding ortho intramolecular Hbond substituents is 2. The second-order valence-electron chi connectivity index (χ2n) is 6.75. The van der Waals surface area contributed by atoms with E-state index in [-0.39, 0.29) is 23.3 Å². The van der Waals surface area contributed by atoms with Crippen LogP contribution in [0.25, 0.3) is 0 Å². The molecule has 152 valence electrons. The number of esters is 1. The predicted octanol–water partition coefficient (Wildman–Crippen LogP) is 4.13. The molecule has 0 saturated heterocycles. The maximum absolute atomic E-state index is 13.2. The van der Waals surface area contributed by atoms with Crippen LogP contribution in [0.15, 0.2) is 77.7 Å². The van der Waals surface area contributed by atoms with Crippen molar-refractivity contribution < 1.29 is 24.5 Å². The van der Waals surface area contributed by atoms with Gasteiger partial charge in [-0.2, -0.15) is 0 Å². The summed E-state index contributed by atoms with van der Waals surface area (Å²) in [5.41, 5.74) is 1.65. The summed E-state index contributed by atoms with van der Waals surface area (Å²) in [4.78, 5) is 28.1. The van der Waals surface area contributed by atoms with E-state index in [1.165, 1.54) is 12.1 Å². The smallest absolute Gasteiger partial charge is 0.342 e. The molecule has 3 aromatic carbocycles. The fraction of sp³-hybridized carbons (Fsp3) is 0.130. The molecule has 1 heterocycles. The third kappa shape index (κ3) is 3.97. The van der Waals surface area contributed by atoms with Crippen LogP contribution in [0.5, 0.6) is 11.5 Å². The van der Waals surface area contributed by atoms with Crippen molar-refractivity contribution in [3.63, 3.8) is 0 Å². The van der Waals surface area contributed by atoms with Crippen molar-refractivity contribution in [1.82, 2.24) is 0 Å². The highest BCUT2D eigenvalue weighted by Gasteiger charge is 2.33. The van der Waals surface area contributed by atoms with E-state index in [0.29, 0.717) is 5.75 Å². The summed E-state index contributed by atoms with van der Waals surface area (Å²) in [6, 6.07) is 20.7. The molecule has 1 aliphatic heterocycles. The molecular formula is C23H19NO5S. The van der Waals surface area contributed by atoms with Crippen molar-refractivity contribution in [3.8, 4) is 11.5 Å². The lowest BCUT2D eigenvalue weighted by Crippen LogP contribution is -2.41. The second kappa shape index (κ2) is 8.51. The SMILES string of the molecule is O=C(OCC(=O)N1c2ccccc2SC[C@H]1c1ccccc1)c1ccc(O)cc1O. The van der Waals surface area contributed by atoms with Gasteiger partial charge in [0.2, 0.25) is 0 Å². The Morgan fingerprint density at radius 1 is 1.00 bits per heavy atom. The van der Waals surface area contributed by atoms with E-state index < -0.39 is 18.3 Å². The number of thioether (sulfide) groups is 1. The molecule has 0 radical (unpaired) electrons. The van der Waals surface area contributed by atoms with E-state index in [0.717, 1.165) is 22.2 Å². The van der Waals surface area contributed by atoms with Crippen LogP contribution in [0.2, 0.25) is 0 Å². The van der Waals surface area contributed by atoms with Gasteiger partial charge in [-0.1, -0.05) is 42.5 Å². The average Bonchev–Trinajstić information content (AvgIpc) is 2.77. The summed E-state index contributed by atoms with van der Waals surface area (Å²) in [5.74, 6) is -1.10. The molecule has 0 aromatic heterocycles. The molecule has 2 N–H and O–H groups in total. The van der Waals surface area contributed by atoms with Crippen molar-refractivity contribution in [2.75, 3.05) is 17.3 Å². The molecule has 3 aromatic rings. The van der Waals surface area contributed by atoms with Gasteiger partial charge in [-0.05, 0) is 29.8 Å². The minimum atomic E-state index is -0.836. The fourth-order valence-corrected chi connectivity index (χ4v) is 4.55. The number of anilines is 1. The first-order chi connectivity index (χ1) is 14.5. The predicted molar refractivity (Wildman–Crippen MR) is 114 cm³/mol. The lowest BCUT2D eigenvalue weighted by atomic mass is 10.1. The molecular weight excluding hydrogens is 402 g/mol. The van der Waals surface area contributed by atoms with Gasteiger partial charge in [0.1, 0.15) is 17.1 Å². The number of amides is 1. The fourth-order valence-electron chi connectivity index (χ4n) is 3.39. The van der Waals surface area contributed by atoms with Crippen molar-refractivity contribution in [2.24, 2.45) is 0 Å². The van der Waals surface area contributed by atoms with Crippen LogP contribution in [-0.2, 0) is 9.53 Å². The Labute approximate surface area is 177 Å². The second-order valence-corrected chi connectivity index (χ2v) is 7.81. The summed E-state index contributed by atoms with van der Waals surface area (Å²) >= 11 is 1.68. The Bertz CT molecular complexity index is 1090. The summed E-state index contributed by atoms with van der Waals surface area (Å²) in [5, 5.41) is 19.2. The number of carbonyl (C=O) groups excluding carboxylic acids is 2. The van der Waals surface area contributed by atoms with E-state index in [4.69, 9.17) is 4.74 Å². The lowest BCUT2D eigenvalue weighted by molar-refractivity contribution is -0.122. The highest BCUT2D eigenvalue weighted by molar-refractivity contribution is 7.99. The van der Waals surface area contributed by atoms with Gasteiger partial charge in [-0.3, -0.25) is 9.69 Å². The zero-order chi connectivity index (χ0) is 21.1. The molecule has 1 aliphatic rings. The number of rotatable bonds is 4. The zero-order valence-electron chi connectivity index (χ0n) is 15.9. The Hall–Kier alpha value is -3.45. The van der Waals surface area contributed by atoms with Gasteiger partial charge in [-0.15, -0.1) is 11.8 Å². The van der Waals surface area contributed by atoms with Crippen LogP contribution in [0, 0.1) is 0 Å². The van der Waals surface area contributed by atoms with E-state index >= 15 is 0 Å². The molecule has 0 fully saturated rings. The standard InChI is InChI=1S/C23H19NO5S/c25-16-10-11-17(20(26)12-16)23(28)29-13-22(27)24-18-8-4-5-9-21(18)30-14-19(24)15-6-2-1-3-7-15/h1-12,19,25-26H,13-14H2/t19-/m0/s1. The van der Waals surface area contributed by atoms with Crippen LogP contribution in [-0.4, -0.2) is 34.4 Å². The maximum atomic E-state index is 13.2. The lowest BCUT2D eigenvalue weighted by Gasteiger charge is -2.37. The molecule has 0 saturated carbocycles. The summed E-state index contributed by atoms with van der Waals surface area (Å²) in [7, 11) is 0. The summed E-state index contributed by atoms with van der Waals surface area (Å²) < 4.78 is 5.18.